The Morgan fingerprint density at radius 3 is 2.00 bits per heavy atom. The number of hydrogen-bond donors (Lipinski definition) is 3. The zero-order valence-corrected chi connectivity index (χ0v) is 16.4. The zero-order chi connectivity index (χ0) is 22.0. The summed E-state index contributed by atoms with van der Waals surface area (Å²) < 4.78 is 5.36. The van der Waals surface area contributed by atoms with E-state index in [1.165, 1.54) is 24.3 Å². The van der Waals surface area contributed by atoms with E-state index in [4.69, 9.17) is 10.5 Å². The van der Waals surface area contributed by atoms with Crippen molar-refractivity contribution in [2.75, 3.05) is 12.3 Å². The first-order valence-electron chi connectivity index (χ1n) is 9.70. The summed E-state index contributed by atoms with van der Waals surface area (Å²) in [5.74, 6) is -3.45. The highest BCUT2D eigenvalue weighted by Gasteiger charge is 2.33. The number of carboxylic acids is 1. The Kier molecular flexibility index (Phi) is 5.41. The second kappa shape index (κ2) is 8.31. The van der Waals surface area contributed by atoms with Crippen molar-refractivity contribution in [3.63, 3.8) is 0 Å². The molecule has 156 valence electrons. The second-order valence-corrected chi connectivity index (χ2v) is 7.22. The fourth-order valence-electron chi connectivity index (χ4n) is 3.76. The topological polar surface area (TPSA) is 119 Å². The van der Waals surface area contributed by atoms with Crippen LogP contribution in [0.4, 0.5) is 5.69 Å². The molecule has 1 unspecified atom stereocenters. The Labute approximate surface area is 178 Å². The first-order valence-corrected chi connectivity index (χ1v) is 9.70. The van der Waals surface area contributed by atoms with Crippen LogP contribution in [-0.4, -0.2) is 35.6 Å². The van der Waals surface area contributed by atoms with Crippen molar-refractivity contribution in [3.05, 3.63) is 89.5 Å². The molecule has 0 fully saturated rings. The Balaban J connectivity index is 1.48. The lowest BCUT2D eigenvalue weighted by Gasteiger charge is -2.17. The number of ether oxygens (including phenoxy) is 1. The van der Waals surface area contributed by atoms with E-state index < -0.39 is 23.9 Å². The molecule has 0 aromatic heterocycles. The minimum absolute atomic E-state index is 0.0334. The largest absolute Gasteiger partial charge is 0.479 e. The van der Waals surface area contributed by atoms with E-state index in [1.54, 1.807) is 0 Å². The molecule has 31 heavy (non-hydrogen) atoms. The third-order valence-corrected chi connectivity index (χ3v) is 5.29. The van der Waals surface area contributed by atoms with Gasteiger partial charge in [-0.15, -0.1) is 0 Å². The van der Waals surface area contributed by atoms with Crippen molar-refractivity contribution in [2.45, 2.75) is 12.0 Å². The number of hydrogen-bond acceptors (Lipinski definition) is 5. The molecule has 3 aromatic carbocycles. The molecule has 3 aromatic rings. The van der Waals surface area contributed by atoms with Crippen molar-refractivity contribution >= 4 is 23.5 Å². The number of benzene rings is 3. The van der Waals surface area contributed by atoms with Crippen LogP contribution in [0.25, 0.3) is 11.1 Å². The summed E-state index contributed by atoms with van der Waals surface area (Å²) in [5, 5.41) is 11.7. The summed E-state index contributed by atoms with van der Waals surface area (Å²) in [7, 11) is 0. The number of rotatable bonds is 6. The van der Waals surface area contributed by atoms with Crippen molar-refractivity contribution in [2.24, 2.45) is 0 Å². The van der Waals surface area contributed by atoms with Gasteiger partial charge in [-0.3, -0.25) is 4.79 Å². The highest BCUT2D eigenvalue weighted by Crippen LogP contribution is 2.44. The third-order valence-electron chi connectivity index (χ3n) is 5.29. The molecular formula is C24H20N2O5. The number of nitrogens with one attached hydrogen (secondary N) is 1. The van der Waals surface area contributed by atoms with Crippen LogP contribution in [0, 0.1) is 0 Å². The summed E-state index contributed by atoms with van der Waals surface area (Å²) in [6.07, 6.45) is 0. The number of fused-ring (bicyclic) bond motifs is 3. The minimum atomic E-state index is -1.82. The van der Waals surface area contributed by atoms with Gasteiger partial charge in [0, 0.05) is 17.2 Å². The van der Waals surface area contributed by atoms with Crippen LogP contribution >= 0.6 is 0 Å². The predicted molar refractivity (Wildman–Crippen MR) is 114 cm³/mol. The van der Waals surface area contributed by atoms with Crippen molar-refractivity contribution < 1.29 is 24.2 Å². The van der Waals surface area contributed by atoms with Crippen molar-refractivity contribution in [1.29, 1.82) is 0 Å². The molecule has 0 bridgehead atoms. The molecule has 0 spiro atoms. The van der Waals surface area contributed by atoms with E-state index in [0.717, 1.165) is 22.3 Å². The van der Waals surface area contributed by atoms with Gasteiger partial charge in [0.15, 0.2) is 0 Å². The number of carbonyl (C=O) groups is 3. The van der Waals surface area contributed by atoms with Crippen LogP contribution in [0.5, 0.6) is 0 Å². The Morgan fingerprint density at radius 2 is 1.45 bits per heavy atom. The van der Waals surface area contributed by atoms with Gasteiger partial charge in [0.05, 0.1) is 0 Å². The van der Waals surface area contributed by atoms with E-state index in [9.17, 15) is 19.5 Å². The van der Waals surface area contributed by atoms with E-state index in [0.29, 0.717) is 5.69 Å². The lowest BCUT2D eigenvalue weighted by atomic mass is 9.98. The molecule has 1 atom stereocenters. The molecular weight excluding hydrogens is 396 g/mol. The maximum atomic E-state index is 12.5. The predicted octanol–water partition coefficient (Wildman–Crippen LogP) is 2.81. The number of nitrogen functional groups attached to an aromatic ring is 1. The van der Waals surface area contributed by atoms with Gasteiger partial charge in [-0.05, 0) is 46.5 Å². The highest BCUT2D eigenvalue weighted by atomic mass is 16.5. The lowest BCUT2D eigenvalue weighted by Crippen LogP contribution is -2.47. The van der Waals surface area contributed by atoms with Crippen LogP contribution in [0.3, 0.4) is 0 Å². The summed E-state index contributed by atoms with van der Waals surface area (Å²) in [6, 6.07) is 19.7. The fraction of sp³-hybridized carbons (Fsp3) is 0.125. The number of nitrogens with two attached hydrogens (primary N) is 1. The number of aliphatic carboxylic acids is 1. The van der Waals surface area contributed by atoms with Gasteiger partial charge in [0.2, 0.25) is 6.04 Å². The molecule has 7 heteroatoms. The van der Waals surface area contributed by atoms with Gasteiger partial charge in [-0.2, -0.15) is 0 Å². The van der Waals surface area contributed by atoms with Gasteiger partial charge in [-0.25, -0.2) is 9.59 Å². The quantitative estimate of drug-likeness (QED) is 0.323. The average molecular weight is 416 g/mol. The van der Waals surface area contributed by atoms with Crippen LogP contribution in [0.1, 0.15) is 27.4 Å². The number of carboxylic acid groups (broad SMARTS) is 1. The van der Waals surface area contributed by atoms with E-state index in [1.807, 2.05) is 48.5 Å². The molecule has 7 nitrogen and oxygen atoms in total. The molecule has 4 N–H and O–H groups in total. The van der Waals surface area contributed by atoms with Crippen molar-refractivity contribution in [3.8, 4) is 11.1 Å². The van der Waals surface area contributed by atoms with E-state index >= 15 is 0 Å². The van der Waals surface area contributed by atoms with Crippen LogP contribution in [-0.2, 0) is 14.3 Å². The summed E-state index contributed by atoms with van der Waals surface area (Å²) in [5.41, 5.74) is 10.4. The molecule has 4 rings (SSSR count). The first-order chi connectivity index (χ1) is 15.0. The molecule has 0 saturated heterocycles. The molecule has 0 saturated carbocycles. The highest BCUT2D eigenvalue weighted by molar-refractivity contribution is 6.05. The van der Waals surface area contributed by atoms with Crippen LogP contribution in [0.15, 0.2) is 72.8 Å². The molecule has 0 aliphatic heterocycles. The lowest BCUT2D eigenvalue weighted by molar-refractivity contribution is -0.155. The van der Waals surface area contributed by atoms with Gasteiger partial charge >= 0.3 is 11.9 Å². The summed E-state index contributed by atoms with van der Waals surface area (Å²) in [6.45, 7) is -0.0334. The van der Waals surface area contributed by atoms with Crippen molar-refractivity contribution in [1.82, 2.24) is 5.32 Å². The monoisotopic (exact) mass is 416 g/mol. The number of carbonyl (C=O) groups excluding carboxylic acids is 2. The molecule has 1 aliphatic rings. The smallest absolute Gasteiger partial charge is 0.340 e. The Hall–Kier alpha value is -4.13. The minimum Gasteiger partial charge on any atom is -0.479 e. The third kappa shape index (κ3) is 3.98. The fourth-order valence-corrected chi connectivity index (χ4v) is 3.76. The van der Waals surface area contributed by atoms with E-state index in [-0.39, 0.29) is 18.1 Å². The Bertz CT molecular complexity index is 1110. The number of amides is 1. The van der Waals surface area contributed by atoms with Gasteiger partial charge in [0.1, 0.15) is 6.61 Å². The zero-order valence-electron chi connectivity index (χ0n) is 16.4. The average Bonchev–Trinajstić information content (AvgIpc) is 3.09. The maximum Gasteiger partial charge on any atom is 0.340 e. The summed E-state index contributed by atoms with van der Waals surface area (Å²) in [4.78, 5) is 36.5. The number of anilines is 1. The van der Waals surface area contributed by atoms with E-state index in [2.05, 4.69) is 5.32 Å². The normalized spacial score (nSPS) is 13.0. The van der Waals surface area contributed by atoms with Gasteiger partial charge in [-0.1, -0.05) is 48.5 Å². The molecule has 0 heterocycles. The summed E-state index contributed by atoms with van der Waals surface area (Å²) >= 11 is 0. The first kappa shape index (κ1) is 20.2. The van der Waals surface area contributed by atoms with Crippen LogP contribution < -0.4 is 11.1 Å². The maximum absolute atomic E-state index is 12.5. The van der Waals surface area contributed by atoms with Gasteiger partial charge < -0.3 is 20.9 Å². The molecule has 0 radical (unpaired) electrons. The second-order valence-electron chi connectivity index (χ2n) is 7.22. The SMILES string of the molecule is Nc1ccc(C(=O)NC(C(=O)O)C(=O)OCC2c3ccccc3-c3ccccc32)cc1. The van der Waals surface area contributed by atoms with Crippen LogP contribution in [0.2, 0.25) is 0 Å². The molecule has 1 aliphatic carbocycles. The molecule has 1 amide bonds. The number of esters is 1. The Morgan fingerprint density at radius 1 is 0.903 bits per heavy atom. The van der Waals surface area contributed by atoms with Gasteiger partial charge in [0.25, 0.3) is 5.91 Å². The standard InChI is InChI=1S/C24H20N2O5/c25-15-11-9-14(10-12-15)22(27)26-21(23(28)29)24(30)31-13-20-18-7-3-1-5-16(18)17-6-2-4-8-19(17)20/h1-12,20-21H,13,25H2,(H,26,27)(H,28,29).